The molecule has 2 aromatic rings. The number of ether oxygens (including phenoxy) is 2. The quantitative estimate of drug-likeness (QED) is 0.518. The molecule has 0 N–H and O–H groups in total. The van der Waals surface area contributed by atoms with Crippen molar-refractivity contribution < 1.29 is 27.5 Å². The largest absolute Gasteiger partial charge is 0.458 e. The van der Waals surface area contributed by atoms with Crippen molar-refractivity contribution in [3.05, 3.63) is 59.7 Å². The summed E-state index contributed by atoms with van der Waals surface area (Å²) >= 11 is 0. The molecule has 0 saturated carbocycles. The minimum Gasteiger partial charge on any atom is -0.458 e. The van der Waals surface area contributed by atoms with Gasteiger partial charge in [-0.2, -0.15) is 8.42 Å². The molecule has 9 heteroatoms. The number of sulfonamides is 1. The number of carbonyl (C=O) groups is 2. The molecule has 2 aromatic carbocycles. The van der Waals surface area contributed by atoms with Gasteiger partial charge in [-0.25, -0.2) is 9.59 Å². The van der Waals surface area contributed by atoms with Crippen LogP contribution in [0, 0.1) is 0 Å². The van der Waals surface area contributed by atoms with Gasteiger partial charge in [0.2, 0.25) is 0 Å². The van der Waals surface area contributed by atoms with Crippen LogP contribution in [0.5, 0.6) is 0 Å². The zero-order valence-electron chi connectivity index (χ0n) is 16.8. The third-order valence-electron chi connectivity index (χ3n) is 5.14. The number of esters is 2. The summed E-state index contributed by atoms with van der Waals surface area (Å²) in [7, 11) is -3.88. The van der Waals surface area contributed by atoms with Crippen molar-refractivity contribution in [2.75, 3.05) is 24.7 Å². The summed E-state index contributed by atoms with van der Waals surface area (Å²) in [5, 5.41) is 0. The standard InChI is InChI=1S/C22H22N2O6S/c25-21(16-7-3-1-4-8-16)29-13-14-30-22(26)17-10-11-18-19(15-17)31(27,28)23-20-9-5-2-6-12-24(18)20/h1,3-4,7-8,10-11,15H,2,5-6,9,12-14H2. The van der Waals surface area contributed by atoms with Gasteiger partial charge < -0.3 is 14.4 Å². The van der Waals surface area contributed by atoms with Crippen LogP contribution in [0.25, 0.3) is 0 Å². The number of hydrogen-bond donors (Lipinski definition) is 0. The predicted octanol–water partition coefficient (Wildman–Crippen LogP) is 3.18. The van der Waals surface area contributed by atoms with E-state index in [4.69, 9.17) is 9.47 Å². The van der Waals surface area contributed by atoms with Crippen LogP contribution in [0.3, 0.4) is 0 Å². The van der Waals surface area contributed by atoms with Crippen LogP contribution < -0.4 is 4.90 Å². The minimum absolute atomic E-state index is 0.00288. The maximum absolute atomic E-state index is 12.7. The fraction of sp³-hybridized carbons (Fsp3) is 0.318. The third-order valence-corrected chi connectivity index (χ3v) is 6.48. The molecule has 1 saturated heterocycles. The fourth-order valence-corrected chi connectivity index (χ4v) is 4.90. The van der Waals surface area contributed by atoms with Gasteiger partial charge in [-0.1, -0.05) is 24.6 Å². The smallest absolute Gasteiger partial charge is 0.338 e. The molecule has 0 spiro atoms. The molecular weight excluding hydrogens is 420 g/mol. The van der Waals surface area contributed by atoms with E-state index >= 15 is 0 Å². The number of hydrogen-bond acceptors (Lipinski definition) is 7. The van der Waals surface area contributed by atoms with Gasteiger partial charge in [-0.15, -0.1) is 4.40 Å². The maximum atomic E-state index is 12.7. The minimum atomic E-state index is -3.88. The van der Waals surface area contributed by atoms with Gasteiger partial charge in [0, 0.05) is 13.0 Å². The van der Waals surface area contributed by atoms with E-state index in [9.17, 15) is 18.0 Å². The van der Waals surface area contributed by atoms with Crippen molar-refractivity contribution in [1.29, 1.82) is 0 Å². The van der Waals surface area contributed by atoms with Gasteiger partial charge in [0.15, 0.2) is 0 Å². The lowest BCUT2D eigenvalue weighted by Gasteiger charge is -2.29. The Morgan fingerprint density at radius 1 is 0.903 bits per heavy atom. The summed E-state index contributed by atoms with van der Waals surface area (Å²) in [6.07, 6.45) is 3.48. The van der Waals surface area contributed by atoms with Gasteiger partial charge in [-0.05, 0) is 43.2 Å². The van der Waals surface area contributed by atoms with E-state index in [-0.39, 0.29) is 23.7 Å². The van der Waals surface area contributed by atoms with Gasteiger partial charge in [-0.3, -0.25) is 0 Å². The van der Waals surface area contributed by atoms with Crippen molar-refractivity contribution in [3.63, 3.8) is 0 Å². The third kappa shape index (κ3) is 4.61. The molecule has 0 amide bonds. The molecule has 0 atom stereocenters. The number of nitrogens with zero attached hydrogens (tertiary/aromatic N) is 2. The second kappa shape index (κ2) is 8.89. The number of amidine groups is 1. The second-order valence-corrected chi connectivity index (χ2v) is 8.84. The lowest BCUT2D eigenvalue weighted by Crippen LogP contribution is -2.35. The van der Waals surface area contributed by atoms with Crippen LogP contribution in [0.2, 0.25) is 0 Å². The van der Waals surface area contributed by atoms with Crippen molar-refractivity contribution in [2.45, 2.75) is 30.6 Å². The van der Waals surface area contributed by atoms with Crippen LogP contribution in [-0.2, 0) is 19.5 Å². The van der Waals surface area contributed by atoms with E-state index in [1.807, 2.05) is 4.90 Å². The summed E-state index contributed by atoms with van der Waals surface area (Å²) in [6.45, 7) is 0.442. The van der Waals surface area contributed by atoms with E-state index in [1.54, 1.807) is 42.5 Å². The zero-order chi connectivity index (χ0) is 21.8. The van der Waals surface area contributed by atoms with Crippen molar-refractivity contribution in [2.24, 2.45) is 4.40 Å². The molecule has 2 aliphatic heterocycles. The summed E-state index contributed by atoms with van der Waals surface area (Å²) in [5.74, 6) is -0.650. The number of benzene rings is 2. The summed E-state index contributed by atoms with van der Waals surface area (Å²) < 4.78 is 39.5. The Labute approximate surface area is 180 Å². The molecule has 0 bridgehead atoms. The molecule has 0 aromatic heterocycles. The van der Waals surface area contributed by atoms with Crippen LogP contribution in [0.15, 0.2) is 57.8 Å². The number of anilines is 1. The molecule has 4 rings (SSSR count). The van der Waals surface area contributed by atoms with Gasteiger partial charge in [0.1, 0.15) is 23.9 Å². The number of carbonyl (C=O) groups excluding carboxylic acids is 2. The molecule has 8 nitrogen and oxygen atoms in total. The molecule has 0 radical (unpaired) electrons. The summed E-state index contributed by atoms with van der Waals surface area (Å²) in [6, 6.07) is 12.9. The fourth-order valence-electron chi connectivity index (χ4n) is 3.62. The Hall–Kier alpha value is -3.20. The number of fused-ring (bicyclic) bond motifs is 3. The first kappa shape index (κ1) is 21.0. The molecule has 162 valence electrons. The van der Waals surface area contributed by atoms with Crippen molar-refractivity contribution in [3.8, 4) is 0 Å². The van der Waals surface area contributed by atoms with E-state index in [1.165, 1.54) is 6.07 Å². The average Bonchev–Trinajstić information content (AvgIpc) is 3.01. The number of rotatable bonds is 5. The van der Waals surface area contributed by atoms with E-state index in [0.717, 1.165) is 19.3 Å². The van der Waals surface area contributed by atoms with E-state index in [2.05, 4.69) is 4.40 Å². The molecule has 31 heavy (non-hydrogen) atoms. The van der Waals surface area contributed by atoms with E-state index < -0.39 is 22.0 Å². The maximum Gasteiger partial charge on any atom is 0.338 e. The molecule has 0 aliphatic carbocycles. The molecule has 2 aliphatic rings. The lowest BCUT2D eigenvalue weighted by molar-refractivity contribution is 0.0265. The first-order chi connectivity index (χ1) is 15.0. The van der Waals surface area contributed by atoms with Gasteiger partial charge in [0.25, 0.3) is 10.0 Å². The molecule has 1 fully saturated rings. The highest BCUT2D eigenvalue weighted by molar-refractivity contribution is 7.90. The first-order valence-electron chi connectivity index (χ1n) is 10.1. The highest BCUT2D eigenvalue weighted by Gasteiger charge is 2.32. The zero-order valence-corrected chi connectivity index (χ0v) is 17.6. The normalized spacial score (nSPS) is 16.9. The van der Waals surface area contributed by atoms with Crippen LogP contribution >= 0.6 is 0 Å². The Balaban J connectivity index is 1.41. The molecule has 2 heterocycles. The topological polar surface area (TPSA) is 102 Å². The highest BCUT2D eigenvalue weighted by Crippen LogP contribution is 2.35. The molecular formula is C22H22N2O6S. The average molecular weight is 442 g/mol. The van der Waals surface area contributed by atoms with Crippen LogP contribution in [0.1, 0.15) is 46.4 Å². The lowest BCUT2D eigenvalue weighted by atomic mass is 10.2. The van der Waals surface area contributed by atoms with Crippen molar-refractivity contribution >= 4 is 33.5 Å². The Morgan fingerprint density at radius 3 is 2.35 bits per heavy atom. The second-order valence-electron chi connectivity index (χ2n) is 7.27. The van der Waals surface area contributed by atoms with E-state index in [0.29, 0.717) is 30.1 Å². The van der Waals surface area contributed by atoms with Crippen LogP contribution in [0.4, 0.5) is 5.69 Å². The first-order valence-corrected chi connectivity index (χ1v) is 11.5. The van der Waals surface area contributed by atoms with Crippen molar-refractivity contribution in [1.82, 2.24) is 0 Å². The molecule has 0 unspecified atom stereocenters. The monoisotopic (exact) mass is 442 g/mol. The predicted molar refractivity (Wildman–Crippen MR) is 114 cm³/mol. The SMILES string of the molecule is O=C(OCCOC(=O)c1ccc2c(c1)S(=O)(=O)N=C1CCCCCN12)c1ccccc1. The highest BCUT2D eigenvalue weighted by atomic mass is 32.2. The Bertz CT molecular complexity index is 1130. The Morgan fingerprint density at radius 2 is 1.61 bits per heavy atom. The van der Waals surface area contributed by atoms with Gasteiger partial charge in [0.05, 0.1) is 16.8 Å². The van der Waals surface area contributed by atoms with Gasteiger partial charge >= 0.3 is 11.9 Å². The Kier molecular flexibility index (Phi) is 6.03. The summed E-state index contributed by atoms with van der Waals surface area (Å²) in [5.41, 5.74) is 1.05. The summed E-state index contributed by atoms with van der Waals surface area (Å²) in [4.78, 5) is 26.2. The van der Waals surface area contributed by atoms with Crippen LogP contribution in [-0.4, -0.2) is 46.0 Å².